The summed E-state index contributed by atoms with van der Waals surface area (Å²) in [5.41, 5.74) is 0.00438. The van der Waals surface area contributed by atoms with E-state index >= 15 is 0 Å². The van der Waals surface area contributed by atoms with Crippen molar-refractivity contribution in [1.29, 1.82) is 0 Å². The van der Waals surface area contributed by atoms with E-state index in [-0.39, 0.29) is 17.6 Å². The van der Waals surface area contributed by atoms with Crippen molar-refractivity contribution < 1.29 is 14.7 Å². The molecule has 0 aromatic carbocycles. The van der Waals surface area contributed by atoms with E-state index in [0.717, 1.165) is 0 Å². The van der Waals surface area contributed by atoms with Crippen molar-refractivity contribution >= 4 is 6.47 Å². The molecule has 0 aliphatic carbocycles. The normalized spacial score (nSPS) is 30.0. The van der Waals surface area contributed by atoms with Gasteiger partial charge in [0.1, 0.15) is 0 Å². The maximum Gasteiger partial charge on any atom is 0.313 e. The highest BCUT2D eigenvalue weighted by Gasteiger charge is 2.36. The second-order valence-electron chi connectivity index (χ2n) is 4.90. The molecule has 1 saturated heterocycles. The van der Waals surface area contributed by atoms with Crippen molar-refractivity contribution in [1.82, 2.24) is 5.06 Å². The van der Waals surface area contributed by atoms with Crippen LogP contribution in [0.1, 0.15) is 33.6 Å². The third kappa shape index (κ3) is 2.69. The minimum absolute atomic E-state index is 0.00438. The molecule has 0 radical (unpaired) electrons. The number of piperidine rings is 1. The standard InChI is InChI=1S/C10H19NO3/c1-10(2,3)9-6-8(13)4-5-11(9)14-7-12/h7-9,13H,4-6H2,1-3H3. The first-order valence-electron chi connectivity index (χ1n) is 5.00. The van der Waals surface area contributed by atoms with Crippen LogP contribution in [-0.2, 0) is 9.63 Å². The zero-order chi connectivity index (χ0) is 10.8. The van der Waals surface area contributed by atoms with Crippen molar-refractivity contribution in [3.05, 3.63) is 0 Å². The minimum atomic E-state index is -0.272. The topological polar surface area (TPSA) is 49.8 Å². The van der Waals surface area contributed by atoms with Gasteiger partial charge in [0, 0.05) is 6.54 Å². The van der Waals surface area contributed by atoms with Crippen molar-refractivity contribution in [2.75, 3.05) is 6.54 Å². The van der Waals surface area contributed by atoms with Crippen LogP contribution in [0.5, 0.6) is 0 Å². The van der Waals surface area contributed by atoms with Gasteiger partial charge in [-0.2, -0.15) is 0 Å². The van der Waals surface area contributed by atoms with Gasteiger partial charge in [-0.25, -0.2) is 0 Å². The molecule has 2 unspecified atom stereocenters. The van der Waals surface area contributed by atoms with E-state index < -0.39 is 0 Å². The molecule has 0 saturated carbocycles. The molecule has 1 aliphatic heterocycles. The van der Waals surface area contributed by atoms with Crippen LogP contribution in [-0.4, -0.2) is 35.3 Å². The van der Waals surface area contributed by atoms with E-state index in [2.05, 4.69) is 20.8 Å². The molecule has 0 aromatic heterocycles. The average Bonchev–Trinajstić information content (AvgIpc) is 2.07. The van der Waals surface area contributed by atoms with E-state index in [1.165, 1.54) is 0 Å². The SMILES string of the molecule is CC(C)(C)C1CC(O)CCN1OC=O. The summed E-state index contributed by atoms with van der Waals surface area (Å²) in [6, 6.07) is 0.0939. The summed E-state index contributed by atoms with van der Waals surface area (Å²) < 4.78 is 0. The van der Waals surface area contributed by atoms with Crippen molar-refractivity contribution in [2.45, 2.75) is 45.8 Å². The maximum atomic E-state index is 10.3. The van der Waals surface area contributed by atoms with Gasteiger partial charge in [0.15, 0.2) is 0 Å². The lowest BCUT2D eigenvalue weighted by Crippen LogP contribution is -2.50. The number of hydrogen-bond acceptors (Lipinski definition) is 4. The van der Waals surface area contributed by atoms with E-state index in [9.17, 15) is 9.90 Å². The van der Waals surface area contributed by atoms with Crippen LogP contribution in [0.4, 0.5) is 0 Å². The Morgan fingerprint density at radius 1 is 1.50 bits per heavy atom. The summed E-state index contributed by atoms with van der Waals surface area (Å²) in [6.45, 7) is 7.31. The number of aliphatic hydroxyl groups is 1. The Hall–Kier alpha value is -0.610. The molecule has 82 valence electrons. The summed E-state index contributed by atoms with van der Waals surface area (Å²) in [7, 11) is 0. The van der Waals surface area contributed by atoms with E-state index in [1.54, 1.807) is 5.06 Å². The van der Waals surface area contributed by atoms with Crippen LogP contribution in [0, 0.1) is 5.41 Å². The molecule has 1 fully saturated rings. The second-order valence-corrected chi connectivity index (χ2v) is 4.90. The predicted molar refractivity (Wildman–Crippen MR) is 52.3 cm³/mol. The molecule has 0 amide bonds. The van der Waals surface area contributed by atoms with Gasteiger partial charge < -0.3 is 9.94 Å². The van der Waals surface area contributed by atoms with Gasteiger partial charge in [0.05, 0.1) is 12.1 Å². The highest BCUT2D eigenvalue weighted by molar-refractivity contribution is 5.36. The Morgan fingerprint density at radius 2 is 2.14 bits per heavy atom. The van der Waals surface area contributed by atoms with Gasteiger partial charge in [0.25, 0.3) is 0 Å². The molecule has 14 heavy (non-hydrogen) atoms. The van der Waals surface area contributed by atoms with Gasteiger partial charge in [-0.15, -0.1) is 5.06 Å². The summed E-state index contributed by atoms with van der Waals surface area (Å²) in [4.78, 5) is 15.2. The molecule has 0 bridgehead atoms. The van der Waals surface area contributed by atoms with Crippen LogP contribution in [0.15, 0.2) is 0 Å². The highest BCUT2D eigenvalue weighted by atomic mass is 16.7. The Balaban J connectivity index is 2.68. The zero-order valence-electron chi connectivity index (χ0n) is 9.06. The lowest BCUT2D eigenvalue weighted by molar-refractivity contribution is -0.213. The molecule has 0 spiro atoms. The number of rotatable bonds is 2. The number of carbonyl (C=O) groups excluding carboxylic acids is 1. The molecular weight excluding hydrogens is 182 g/mol. The summed E-state index contributed by atoms with van der Waals surface area (Å²) in [6.07, 6.45) is 1.06. The predicted octanol–water partition coefficient (Wildman–Crippen LogP) is 0.946. The number of hydroxylamine groups is 2. The number of nitrogens with zero attached hydrogens (tertiary/aromatic N) is 1. The maximum absolute atomic E-state index is 10.3. The Morgan fingerprint density at radius 3 is 2.64 bits per heavy atom. The van der Waals surface area contributed by atoms with E-state index in [0.29, 0.717) is 25.9 Å². The average molecular weight is 201 g/mol. The van der Waals surface area contributed by atoms with E-state index in [1.807, 2.05) is 0 Å². The van der Waals surface area contributed by atoms with Crippen LogP contribution in [0.3, 0.4) is 0 Å². The Kier molecular flexibility index (Phi) is 3.50. The van der Waals surface area contributed by atoms with Crippen LogP contribution in [0.25, 0.3) is 0 Å². The highest BCUT2D eigenvalue weighted by Crippen LogP contribution is 2.31. The van der Waals surface area contributed by atoms with Gasteiger partial charge in [-0.1, -0.05) is 20.8 Å². The smallest absolute Gasteiger partial charge is 0.313 e. The summed E-state index contributed by atoms with van der Waals surface area (Å²) in [5.74, 6) is 0. The van der Waals surface area contributed by atoms with Crippen molar-refractivity contribution in [3.8, 4) is 0 Å². The Labute approximate surface area is 84.8 Å². The minimum Gasteiger partial charge on any atom is -0.393 e. The Bertz CT molecular complexity index is 200. The molecule has 2 atom stereocenters. The largest absolute Gasteiger partial charge is 0.393 e. The van der Waals surface area contributed by atoms with Crippen LogP contribution < -0.4 is 0 Å². The molecule has 4 nitrogen and oxygen atoms in total. The number of carbonyl (C=O) groups is 1. The third-order valence-corrected chi connectivity index (χ3v) is 2.70. The first kappa shape index (κ1) is 11.5. The first-order chi connectivity index (χ1) is 6.45. The van der Waals surface area contributed by atoms with Gasteiger partial charge in [0.2, 0.25) is 0 Å². The third-order valence-electron chi connectivity index (χ3n) is 2.70. The van der Waals surface area contributed by atoms with E-state index in [4.69, 9.17) is 4.84 Å². The fourth-order valence-electron chi connectivity index (χ4n) is 1.89. The molecule has 1 rings (SSSR count). The van der Waals surface area contributed by atoms with Crippen LogP contribution in [0.2, 0.25) is 0 Å². The molecule has 4 heteroatoms. The molecule has 1 aliphatic rings. The summed E-state index contributed by atoms with van der Waals surface area (Å²) >= 11 is 0. The van der Waals surface area contributed by atoms with Gasteiger partial charge in [-0.05, 0) is 18.3 Å². The fourth-order valence-corrected chi connectivity index (χ4v) is 1.89. The number of hydrogen-bond donors (Lipinski definition) is 1. The number of aliphatic hydroxyl groups excluding tert-OH is 1. The molecular formula is C10H19NO3. The fraction of sp³-hybridized carbons (Fsp3) is 0.900. The molecule has 0 aromatic rings. The first-order valence-corrected chi connectivity index (χ1v) is 5.00. The quantitative estimate of drug-likeness (QED) is 0.676. The second kappa shape index (κ2) is 4.28. The molecule has 1 N–H and O–H groups in total. The zero-order valence-corrected chi connectivity index (χ0v) is 9.06. The molecule has 1 heterocycles. The van der Waals surface area contributed by atoms with Gasteiger partial charge >= 0.3 is 6.47 Å². The monoisotopic (exact) mass is 201 g/mol. The lowest BCUT2D eigenvalue weighted by atomic mass is 9.81. The van der Waals surface area contributed by atoms with Gasteiger partial charge in [-0.3, -0.25) is 4.79 Å². The van der Waals surface area contributed by atoms with Crippen molar-refractivity contribution in [3.63, 3.8) is 0 Å². The lowest BCUT2D eigenvalue weighted by Gasteiger charge is -2.42. The van der Waals surface area contributed by atoms with Crippen LogP contribution >= 0.6 is 0 Å². The summed E-state index contributed by atoms with van der Waals surface area (Å²) in [5, 5.41) is 11.2. The van der Waals surface area contributed by atoms with Crippen molar-refractivity contribution in [2.24, 2.45) is 5.41 Å².